The quantitative estimate of drug-likeness (QED) is 0.593. The number of nitrogens with one attached hydrogen (secondary N) is 1. The molecule has 0 aromatic rings. The molecule has 0 bridgehead atoms. The summed E-state index contributed by atoms with van der Waals surface area (Å²) >= 11 is 0. The molecule has 0 fully saturated rings. The van der Waals surface area contributed by atoms with Gasteiger partial charge in [0.15, 0.2) is 0 Å². The minimum absolute atomic E-state index is 0.0784. The van der Waals surface area contributed by atoms with Crippen LogP contribution in [0.3, 0.4) is 0 Å². The van der Waals surface area contributed by atoms with Gasteiger partial charge < -0.3 is 14.1 Å². The molecule has 0 saturated carbocycles. The van der Waals surface area contributed by atoms with Crippen molar-refractivity contribution >= 4 is 19.0 Å². The molecule has 6 heteroatoms. The number of hydrogen-bond donors (Lipinski definition) is 1. The van der Waals surface area contributed by atoms with Gasteiger partial charge in [0.1, 0.15) is 5.78 Å². The fourth-order valence-corrected chi connectivity index (χ4v) is 0.885. The van der Waals surface area contributed by atoms with Gasteiger partial charge in [-0.2, -0.15) is 0 Å². The van der Waals surface area contributed by atoms with Gasteiger partial charge in [-0.1, -0.05) is 0 Å². The van der Waals surface area contributed by atoms with Crippen molar-refractivity contribution in [1.29, 1.82) is 0 Å². The van der Waals surface area contributed by atoms with E-state index in [4.69, 9.17) is 9.31 Å². The Balaban J connectivity index is 3.59. The zero-order chi connectivity index (χ0) is 11.0. The standard InChI is InChI=1S/C8H16BNO4/c1-7(11)5-4-6-8(12)14-9(10-2)13-3/h10H,4-6H2,1-3H3. The zero-order valence-electron chi connectivity index (χ0n) is 8.83. The summed E-state index contributed by atoms with van der Waals surface area (Å²) in [5.41, 5.74) is 0. The van der Waals surface area contributed by atoms with E-state index in [1.54, 1.807) is 7.05 Å². The largest absolute Gasteiger partial charge is 0.627 e. The summed E-state index contributed by atoms with van der Waals surface area (Å²) in [6.45, 7) is 1.50. The molecule has 0 radical (unpaired) electrons. The minimum Gasteiger partial charge on any atom is -0.496 e. The van der Waals surface area contributed by atoms with Crippen LogP contribution in [0.25, 0.3) is 0 Å². The fraction of sp³-hybridized carbons (Fsp3) is 0.750. The first-order valence-electron chi connectivity index (χ1n) is 4.49. The lowest BCUT2D eigenvalue weighted by atomic mass is 10.1. The molecule has 0 aliphatic rings. The number of Topliss-reactive ketones (excluding diaryl/α,β-unsaturated/α-hetero) is 1. The molecule has 0 amide bonds. The summed E-state index contributed by atoms with van der Waals surface area (Å²) in [6.07, 6.45) is 1.17. The molecule has 80 valence electrons. The number of carbonyl (C=O) groups is 2. The van der Waals surface area contributed by atoms with Crippen LogP contribution < -0.4 is 5.23 Å². The van der Waals surface area contributed by atoms with Crippen LogP contribution >= 0.6 is 0 Å². The van der Waals surface area contributed by atoms with Gasteiger partial charge in [-0.25, -0.2) is 0 Å². The predicted molar refractivity (Wildman–Crippen MR) is 52.4 cm³/mol. The lowest BCUT2D eigenvalue weighted by Crippen LogP contribution is -2.38. The first kappa shape index (κ1) is 13.1. The lowest BCUT2D eigenvalue weighted by Gasteiger charge is -2.09. The van der Waals surface area contributed by atoms with Crippen LogP contribution in [-0.4, -0.2) is 33.2 Å². The van der Waals surface area contributed by atoms with Crippen molar-refractivity contribution in [2.45, 2.75) is 26.2 Å². The number of carbonyl (C=O) groups excluding carboxylic acids is 2. The van der Waals surface area contributed by atoms with Crippen molar-refractivity contribution in [3.05, 3.63) is 0 Å². The number of ketones is 1. The third-order valence-corrected chi connectivity index (χ3v) is 1.60. The Morgan fingerprint density at radius 2 is 2.00 bits per heavy atom. The van der Waals surface area contributed by atoms with Gasteiger partial charge in [0, 0.05) is 20.0 Å². The second-order valence-electron chi connectivity index (χ2n) is 2.90. The Morgan fingerprint density at radius 3 is 2.43 bits per heavy atom. The van der Waals surface area contributed by atoms with Gasteiger partial charge in [0.2, 0.25) is 0 Å². The van der Waals surface area contributed by atoms with E-state index < -0.39 is 7.25 Å². The van der Waals surface area contributed by atoms with E-state index in [1.165, 1.54) is 14.0 Å². The average Bonchev–Trinajstić information content (AvgIpc) is 2.13. The monoisotopic (exact) mass is 201 g/mol. The van der Waals surface area contributed by atoms with Crippen LogP contribution in [0.4, 0.5) is 0 Å². The lowest BCUT2D eigenvalue weighted by molar-refractivity contribution is -0.136. The van der Waals surface area contributed by atoms with E-state index >= 15 is 0 Å². The first-order chi connectivity index (χ1) is 6.60. The predicted octanol–water partition coefficient (Wildman–Crippen LogP) is 0.140. The molecule has 0 aliphatic carbocycles. The van der Waals surface area contributed by atoms with Gasteiger partial charge in [0.05, 0.1) is 0 Å². The average molecular weight is 201 g/mol. The highest BCUT2D eigenvalue weighted by Gasteiger charge is 2.19. The van der Waals surface area contributed by atoms with Crippen molar-refractivity contribution in [3.8, 4) is 0 Å². The summed E-state index contributed by atoms with van der Waals surface area (Å²) in [7, 11) is 2.35. The maximum absolute atomic E-state index is 11.1. The van der Waals surface area contributed by atoms with Crippen LogP contribution in [0.1, 0.15) is 26.2 Å². The van der Waals surface area contributed by atoms with E-state index in [0.29, 0.717) is 12.8 Å². The third-order valence-electron chi connectivity index (χ3n) is 1.60. The molecule has 0 heterocycles. The Kier molecular flexibility index (Phi) is 7.05. The highest BCUT2D eigenvalue weighted by Crippen LogP contribution is 1.99. The Hall–Kier alpha value is -0.875. The molecule has 0 saturated heterocycles. The highest BCUT2D eigenvalue weighted by atomic mass is 16.6. The smallest absolute Gasteiger partial charge is 0.496 e. The third kappa shape index (κ3) is 6.62. The van der Waals surface area contributed by atoms with Crippen molar-refractivity contribution in [2.75, 3.05) is 14.2 Å². The molecule has 0 atom stereocenters. The molecule has 0 rings (SSSR count). The van der Waals surface area contributed by atoms with E-state index in [-0.39, 0.29) is 18.2 Å². The maximum atomic E-state index is 11.1. The summed E-state index contributed by atoms with van der Waals surface area (Å²) < 4.78 is 9.62. The van der Waals surface area contributed by atoms with Gasteiger partial charge in [-0.05, 0) is 20.4 Å². The molecular weight excluding hydrogens is 185 g/mol. The normalized spacial score (nSPS) is 9.64. The van der Waals surface area contributed by atoms with Gasteiger partial charge in [-0.15, -0.1) is 0 Å². The summed E-state index contributed by atoms with van der Waals surface area (Å²) in [5.74, 6) is -0.290. The molecule has 0 spiro atoms. The summed E-state index contributed by atoms with van der Waals surface area (Å²) in [6, 6.07) is 0. The Bertz CT molecular complexity index is 194. The first-order valence-corrected chi connectivity index (χ1v) is 4.49. The molecule has 1 N–H and O–H groups in total. The molecule has 14 heavy (non-hydrogen) atoms. The van der Waals surface area contributed by atoms with Crippen LogP contribution in [0, 0.1) is 0 Å². The molecule has 5 nitrogen and oxygen atoms in total. The summed E-state index contributed by atoms with van der Waals surface area (Å²) in [5, 5.41) is 2.65. The Labute approximate surface area is 84.3 Å². The topological polar surface area (TPSA) is 64.6 Å². The summed E-state index contributed by atoms with van der Waals surface area (Å²) in [4.78, 5) is 21.7. The van der Waals surface area contributed by atoms with Crippen molar-refractivity contribution in [3.63, 3.8) is 0 Å². The fourth-order valence-electron chi connectivity index (χ4n) is 0.885. The van der Waals surface area contributed by atoms with E-state index in [9.17, 15) is 9.59 Å². The van der Waals surface area contributed by atoms with Crippen LogP contribution in [-0.2, 0) is 18.9 Å². The van der Waals surface area contributed by atoms with Gasteiger partial charge >= 0.3 is 7.25 Å². The van der Waals surface area contributed by atoms with Gasteiger partial charge in [0.25, 0.3) is 5.97 Å². The second-order valence-corrected chi connectivity index (χ2v) is 2.90. The molecule has 0 aromatic carbocycles. The van der Waals surface area contributed by atoms with Crippen LogP contribution in [0.5, 0.6) is 0 Å². The molecule has 0 unspecified atom stereocenters. The van der Waals surface area contributed by atoms with E-state index in [2.05, 4.69) is 5.23 Å². The maximum Gasteiger partial charge on any atom is 0.627 e. The zero-order valence-corrected chi connectivity index (χ0v) is 8.83. The number of rotatable bonds is 7. The Morgan fingerprint density at radius 1 is 1.36 bits per heavy atom. The minimum atomic E-state index is -0.708. The van der Waals surface area contributed by atoms with Crippen molar-refractivity contribution < 1.29 is 18.9 Å². The van der Waals surface area contributed by atoms with Crippen molar-refractivity contribution in [1.82, 2.24) is 5.23 Å². The molecular formula is C8H16BNO4. The van der Waals surface area contributed by atoms with Gasteiger partial charge in [-0.3, -0.25) is 10.0 Å². The van der Waals surface area contributed by atoms with Crippen LogP contribution in [0.2, 0.25) is 0 Å². The van der Waals surface area contributed by atoms with E-state index in [0.717, 1.165) is 0 Å². The van der Waals surface area contributed by atoms with Crippen molar-refractivity contribution in [2.24, 2.45) is 0 Å². The highest BCUT2D eigenvalue weighted by molar-refractivity contribution is 6.43. The SMILES string of the molecule is CNB(OC)OC(=O)CCCC(C)=O. The molecule has 0 aromatic heterocycles. The second kappa shape index (κ2) is 7.52. The van der Waals surface area contributed by atoms with E-state index in [1.807, 2.05) is 0 Å². The molecule has 0 aliphatic heterocycles. The van der Waals surface area contributed by atoms with Crippen LogP contribution in [0.15, 0.2) is 0 Å². The number of hydrogen-bond acceptors (Lipinski definition) is 5.